The van der Waals surface area contributed by atoms with Gasteiger partial charge in [0, 0.05) is 66.6 Å². The largest absolute Gasteiger partial charge is 0.490 e. The van der Waals surface area contributed by atoms with E-state index in [-0.39, 0.29) is 40.4 Å². The predicted molar refractivity (Wildman–Crippen MR) is 205 cm³/mol. The summed E-state index contributed by atoms with van der Waals surface area (Å²) >= 11 is 6.50. The molecule has 1 amide bonds. The van der Waals surface area contributed by atoms with Gasteiger partial charge in [0.1, 0.15) is 5.75 Å². The number of carbonyl (C=O) groups excluding carboxylic acids is 1. The molecule has 9 nitrogen and oxygen atoms in total. The molecule has 1 spiro atoms. The van der Waals surface area contributed by atoms with Gasteiger partial charge in [-0.05, 0) is 117 Å². The number of carbonyl (C=O) groups is 1. The third-order valence-electron chi connectivity index (χ3n) is 13.5. The highest BCUT2D eigenvalue weighted by atomic mass is 35.5. The number of aryl methyl sites for hydroxylation is 1. The Morgan fingerprint density at radius 2 is 1.94 bits per heavy atom. The molecular formula is C40H55ClN4O5S. The van der Waals surface area contributed by atoms with E-state index >= 15 is 0 Å². The fraction of sp³-hybridized carbons (Fsp3) is 0.650. The van der Waals surface area contributed by atoms with E-state index in [1.807, 2.05) is 25.1 Å². The number of hydrogen-bond donors (Lipinski definition) is 3. The lowest BCUT2D eigenvalue weighted by Crippen LogP contribution is -2.57. The number of ether oxygens (including phenoxy) is 2. The third-order valence-corrected chi connectivity index (χ3v) is 15.9. The van der Waals surface area contributed by atoms with Gasteiger partial charge in [-0.25, -0.2) is 4.21 Å². The average Bonchev–Trinajstić information content (AvgIpc) is 3.42. The highest BCUT2D eigenvalue weighted by Gasteiger charge is 2.50. The van der Waals surface area contributed by atoms with Crippen LogP contribution in [-0.4, -0.2) is 101 Å². The van der Waals surface area contributed by atoms with Gasteiger partial charge < -0.3 is 24.8 Å². The number of anilines is 1. The fourth-order valence-electron chi connectivity index (χ4n) is 10.3. The molecule has 0 aromatic heterocycles. The van der Waals surface area contributed by atoms with Crippen molar-refractivity contribution in [3.63, 3.8) is 0 Å². The van der Waals surface area contributed by atoms with Crippen LogP contribution in [0.25, 0.3) is 0 Å². The van der Waals surface area contributed by atoms with Crippen molar-refractivity contribution in [1.82, 2.24) is 14.9 Å². The Labute approximate surface area is 308 Å². The Balaban J connectivity index is 1.17. The fourth-order valence-corrected chi connectivity index (χ4v) is 12.0. The summed E-state index contributed by atoms with van der Waals surface area (Å²) < 4.78 is 29.6. The molecular weight excluding hydrogens is 684 g/mol. The minimum atomic E-state index is -2.95. The van der Waals surface area contributed by atoms with Crippen LogP contribution in [0.2, 0.25) is 5.02 Å². The number of nitrogens with one attached hydrogen (secondary N) is 2. The minimum absolute atomic E-state index is 0.0530. The monoisotopic (exact) mass is 738 g/mol. The van der Waals surface area contributed by atoms with E-state index < -0.39 is 15.3 Å². The van der Waals surface area contributed by atoms with Crippen molar-refractivity contribution in [2.45, 2.75) is 93.6 Å². The first-order valence-electron chi connectivity index (χ1n) is 19.2. The van der Waals surface area contributed by atoms with Crippen LogP contribution in [0.3, 0.4) is 0 Å². The number of β-amino-alcohol motifs (C(OH)–C–C–N with tert-alkyl or cyclic N) is 1. The standard InChI is InChI=1S/C40H55ClN4O5S/c1-26-6-4-15-40(47,24-44-21-34-37(22-44)49-17-16-42-34)33-11-8-30(33)20-45-23-39(14-5-7-28-18-31(41)10-12-32(28)39)25-50-36-13-9-29(19-35(36)45)38(46)43-51(3,48)27(26)2/h9-10,12-13,18-19,26-27,30,33-34,37,42,47H,3-8,11,14-17,20-25H2,1-2H3,(H,43,46,48)/t26-,27+,30-,33+,34?,37-,39-,40-,51?/m0/s1. The van der Waals surface area contributed by atoms with Crippen molar-refractivity contribution in [3.05, 3.63) is 58.1 Å². The number of likely N-dealkylation sites (tertiary alicyclic amines) is 1. The Bertz CT molecular complexity index is 1740. The topological polar surface area (TPSA) is 103 Å². The molecule has 2 bridgehead atoms. The zero-order valence-electron chi connectivity index (χ0n) is 30.2. The molecule has 3 N–H and O–H groups in total. The van der Waals surface area contributed by atoms with Crippen molar-refractivity contribution in [3.8, 4) is 5.75 Å². The number of benzene rings is 2. The Kier molecular flexibility index (Phi) is 9.67. The molecule has 2 saturated heterocycles. The first kappa shape index (κ1) is 35.7. The molecule has 4 aliphatic heterocycles. The quantitative estimate of drug-likeness (QED) is 0.378. The molecule has 0 radical (unpaired) electrons. The van der Waals surface area contributed by atoms with Crippen molar-refractivity contribution >= 4 is 38.8 Å². The second-order valence-electron chi connectivity index (χ2n) is 16.7. The van der Waals surface area contributed by atoms with Crippen molar-refractivity contribution in [1.29, 1.82) is 0 Å². The summed E-state index contributed by atoms with van der Waals surface area (Å²) in [5.41, 5.74) is 2.80. The summed E-state index contributed by atoms with van der Waals surface area (Å²) in [6, 6.07) is 12.2. The van der Waals surface area contributed by atoms with E-state index in [2.05, 4.69) is 44.8 Å². The zero-order chi connectivity index (χ0) is 35.5. The van der Waals surface area contributed by atoms with Crippen LogP contribution in [0.1, 0.15) is 80.3 Å². The van der Waals surface area contributed by atoms with E-state index in [1.165, 1.54) is 11.1 Å². The van der Waals surface area contributed by atoms with Gasteiger partial charge in [0.2, 0.25) is 0 Å². The smallest absolute Gasteiger partial charge is 0.262 e. The van der Waals surface area contributed by atoms with Crippen molar-refractivity contribution < 1.29 is 23.6 Å². The second-order valence-corrected chi connectivity index (χ2v) is 19.6. The highest BCUT2D eigenvalue weighted by molar-refractivity contribution is 7.99. The van der Waals surface area contributed by atoms with Gasteiger partial charge in [-0.3, -0.25) is 14.4 Å². The third kappa shape index (κ3) is 6.82. The van der Waals surface area contributed by atoms with E-state index in [0.29, 0.717) is 31.2 Å². The molecule has 8 rings (SSSR count). The number of aliphatic hydroxyl groups is 1. The lowest BCUT2D eigenvalue weighted by molar-refractivity contribution is -0.104. The van der Waals surface area contributed by atoms with E-state index in [1.54, 1.807) is 6.07 Å². The molecule has 1 saturated carbocycles. The number of fused-ring (bicyclic) bond motifs is 5. The van der Waals surface area contributed by atoms with Crippen LogP contribution in [0.5, 0.6) is 5.75 Å². The maximum Gasteiger partial charge on any atom is 0.262 e. The summed E-state index contributed by atoms with van der Waals surface area (Å²) in [6.07, 6.45) is 7.52. The van der Waals surface area contributed by atoms with Crippen LogP contribution < -0.4 is 19.7 Å². The Hall–Kier alpha value is -2.34. The van der Waals surface area contributed by atoms with Crippen LogP contribution in [0, 0.1) is 17.8 Å². The van der Waals surface area contributed by atoms with Crippen molar-refractivity contribution in [2.24, 2.45) is 17.8 Å². The highest BCUT2D eigenvalue weighted by Crippen LogP contribution is 2.49. The second kappa shape index (κ2) is 13.8. The summed E-state index contributed by atoms with van der Waals surface area (Å²) in [6.45, 7) is 9.99. The summed E-state index contributed by atoms with van der Waals surface area (Å²) in [5, 5.41) is 16.9. The molecule has 2 aromatic rings. The SMILES string of the molecule is C=S1(=O)NC(=O)c2ccc3c(c2)N(C[C@@H]2CC[C@H]2[C@@](O)(CN2CC4NCCO[C@H]4C2)CCC[C@H](C)[C@H]1C)C[C@@]1(CCCc2cc(Cl)ccc21)CO3. The number of nitrogens with zero attached hydrogens (tertiary/aromatic N) is 2. The first-order valence-corrected chi connectivity index (χ1v) is 21.4. The summed E-state index contributed by atoms with van der Waals surface area (Å²) in [5.74, 6) is 4.91. The first-order chi connectivity index (χ1) is 24.4. The van der Waals surface area contributed by atoms with E-state index in [4.69, 9.17) is 21.1 Å². The number of morpholine rings is 1. The Morgan fingerprint density at radius 1 is 1.08 bits per heavy atom. The van der Waals surface area contributed by atoms with E-state index in [9.17, 15) is 14.1 Å². The number of halogens is 1. The van der Waals surface area contributed by atoms with Gasteiger partial charge in [-0.1, -0.05) is 31.0 Å². The predicted octanol–water partition coefficient (Wildman–Crippen LogP) is 4.81. The number of rotatable bonds is 2. The van der Waals surface area contributed by atoms with Crippen LogP contribution in [0.15, 0.2) is 36.4 Å². The van der Waals surface area contributed by atoms with Crippen molar-refractivity contribution in [2.75, 3.05) is 57.4 Å². The molecule has 51 heavy (non-hydrogen) atoms. The van der Waals surface area contributed by atoms with Crippen LogP contribution in [0.4, 0.5) is 5.69 Å². The molecule has 6 aliphatic rings. The Morgan fingerprint density at radius 3 is 2.75 bits per heavy atom. The van der Waals surface area contributed by atoms with Gasteiger partial charge in [-0.15, -0.1) is 0 Å². The number of amides is 1. The summed E-state index contributed by atoms with van der Waals surface area (Å²) in [7, 11) is -2.95. The van der Waals surface area contributed by atoms with Gasteiger partial charge in [0.25, 0.3) is 5.91 Å². The molecule has 9 atom stereocenters. The normalized spacial score (nSPS) is 38.7. The molecule has 3 fully saturated rings. The van der Waals surface area contributed by atoms with Crippen LogP contribution in [-0.2, 0) is 26.3 Å². The average molecular weight is 739 g/mol. The molecule has 278 valence electrons. The van der Waals surface area contributed by atoms with Crippen LogP contribution >= 0.6 is 11.6 Å². The minimum Gasteiger partial charge on any atom is -0.490 e. The van der Waals surface area contributed by atoms with Gasteiger partial charge >= 0.3 is 0 Å². The van der Waals surface area contributed by atoms with Gasteiger partial charge in [0.05, 0.1) is 40.3 Å². The lowest BCUT2D eigenvalue weighted by Gasteiger charge is -2.51. The van der Waals surface area contributed by atoms with Gasteiger partial charge in [0.15, 0.2) is 0 Å². The summed E-state index contributed by atoms with van der Waals surface area (Å²) in [4.78, 5) is 18.6. The lowest BCUT2D eigenvalue weighted by atomic mass is 9.62. The maximum atomic E-state index is 14.0. The molecule has 2 unspecified atom stereocenters. The zero-order valence-corrected chi connectivity index (χ0v) is 31.8. The molecule has 11 heteroatoms. The molecule has 2 aromatic carbocycles. The van der Waals surface area contributed by atoms with E-state index in [0.717, 1.165) is 101 Å². The molecule has 2 aliphatic carbocycles. The van der Waals surface area contributed by atoms with Gasteiger partial charge in [-0.2, -0.15) is 0 Å². The molecule has 4 heterocycles. The number of hydrogen-bond acceptors (Lipinski definition) is 8. The maximum absolute atomic E-state index is 14.0.